The Morgan fingerprint density at radius 1 is 1.32 bits per heavy atom. The molecule has 0 bridgehead atoms. The number of hydrogen-bond donors (Lipinski definition) is 1. The second-order valence-electron chi connectivity index (χ2n) is 8.81. The Kier molecular flexibility index (Phi) is 8.07. The average molecular weight is 451 g/mol. The molecule has 1 N–H and O–H groups in total. The van der Waals surface area contributed by atoms with Crippen molar-refractivity contribution in [2.24, 2.45) is 5.41 Å². The number of pyridine rings is 1. The van der Waals surface area contributed by atoms with Gasteiger partial charge in [0, 0.05) is 46.7 Å². The van der Waals surface area contributed by atoms with Crippen molar-refractivity contribution in [3.05, 3.63) is 11.8 Å². The maximum absolute atomic E-state index is 12.8. The predicted octanol–water partition coefficient (Wildman–Crippen LogP) is 4.51. The van der Waals surface area contributed by atoms with E-state index in [4.69, 9.17) is 14.2 Å². The summed E-state index contributed by atoms with van der Waals surface area (Å²) in [6.07, 6.45) is 5.66. The third kappa shape index (κ3) is 6.05. The number of urea groups is 1. The number of carbonyl (C=O) groups excluding carboxylic acids is 1. The molecular formula is C22H34N4O4S. The Labute approximate surface area is 188 Å². The second-order valence-corrected chi connectivity index (χ2v) is 9.81. The predicted molar refractivity (Wildman–Crippen MR) is 123 cm³/mol. The van der Waals surface area contributed by atoms with Crippen LogP contribution < -0.4 is 10.1 Å². The smallest absolute Gasteiger partial charge is 0.323 e. The first-order chi connectivity index (χ1) is 14.8. The molecule has 8 nitrogen and oxygen atoms in total. The van der Waals surface area contributed by atoms with Gasteiger partial charge in [-0.3, -0.25) is 5.32 Å². The zero-order chi connectivity index (χ0) is 22.4. The highest BCUT2D eigenvalue weighted by Crippen LogP contribution is 2.39. The number of nitrogens with zero attached hydrogens (tertiary/aromatic N) is 3. The average Bonchev–Trinajstić information content (AvgIpc) is 3.19. The van der Waals surface area contributed by atoms with Crippen molar-refractivity contribution in [3.63, 3.8) is 0 Å². The molecule has 2 amide bonds. The fourth-order valence-electron chi connectivity index (χ4n) is 3.67. The molecule has 3 rings (SSSR count). The zero-order valence-corrected chi connectivity index (χ0v) is 20.0. The van der Waals surface area contributed by atoms with Gasteiger partial charge in [0.25, 0.3) is 0 Å². The number of anilines is 1. The molecule has 3 heterocycles. The number of hydrogen-bond acceptors (Lipinski definition) is 7. The first kappa shape index (κ1) is 23.7. The monoisotopic (exact) mass is 450 g/mol. The molecule has 2 aromatic rings. The molecule has 0 aliphatic carbocycles. The summed E-state index contributed by atoms with van der Waals surface area (Å²) in [4.78, 5) is 23.6. The molecule has 31 heavy (non-hydrogen) atoms. The molecule has 1 fully saturated rings. The molecular weight excluding hydrogens is 416 g/mol. The number of methoxy groups -OCH3 is 2. The number of amides is 2. The Morgan fingerprint density at radius 2 is 2.06 bits per heavy atom. The number of nitrogens with one attached hydrogen (secondary N) is 1. The summed E-state index contributed by atoms with van der Waals surface area (Å²) in [5.74, 6) is 0.867. The van der Waals surface area contributed by atoms with Crippen molar-refractivity contribution < 1.29 is 19.0 Å². The summed E-state index contributed by atoms with van der Waals surface area (Å²) in [6.45, 7) is 7.29. The molecule has 0 radical (unpaired) electrons. The molecule has 0 atom stereocenters. The summed E-state index contributed by atoms with van der Waals surface area (Å²) >= 11 is 1.48. The molecule has 172 valence electrons. The molecule has 0 aromatic carbocycles. The van der Waals surface area contributed by atoms with Crippen molar-refractivity contribution in [2.75, 3.05) is 52.9 Å². The lowest BCUT2D eigenvalue weighted by Gasteiger charge is -2.27. The first-order valence-electron chi connectivity index (χ1n) is 10.8. The van der Waals surface area contributed by atoms with E-state index in [1.54, 1.807) is 19.1 Å². The highest BCUT2D eigenvalue weighted by atomic mass is 32.1. The Bertz CT molecular complexity index is 880. The van der Waals surface area contributed by atoms with Crippen LogP contribution in [0.2, 0.25) is 0 Å². The molecule has 0 unspecified atom stereocenters. The van der Waals surface area contributed by atoms with E-state index < -0.39 is 0 Å². The van der Waals surface area contributed by atoms with E-state index in [2.05, 4.69) is 29.1 Å². The van der Waals surface area contributed by atoms with E-state index in [-0.39, 0.29) is 11.4 Å². The van der Waals surface area contributed by atoms with Crippen LogP contribution in [0.15, 0.2) is 6.20 Å². The lowest BCUT2D eigenvalue weighted by molar-refractivity contribution is 0.0855. The number of thiazole rings is 1. The fourth-order valence-corrected chi connectivity index (χ4v) is 4.71. The quantitative estimate of drug-likeness (QED) is 0.605. The minimum atomic E-state index is -0.166. The maximum Gasteiger partial charge on any atom is 0.323 e. The Morgan fingerprint density at radius 3 is 2.74 bits per heavy atom. The van der Waals surface area contributed by atoms with Crippen LogP contribution in [0.3, 0.4) is 0 Å². The topological polar surface area (TPSA) is 85.8 Å². The minimum Gasteiger partial charge on any atom is -0.479 e. The molecule has 0 saturated carbocycles. The van der Waals surface area contributed by atoms with Crippen LogP contribution in [0.1, 0.15) is 51.0 Å². The van der Waals surface area contributed by atoms with Crippen molar-refractivity contribution in [3.8, 4) is 5.88 Å². The summed E-state index contributed by atoms with van der Waals surface area (Å²) in [5, 5.41) is 3.51. The highest BCUT2D eigenvalue weighted by molar-refractivity contribution is 7.22. The second kappa shape index (κ2) is 10.6. The van der Waals surface area contributed by atoms with Gasteiger partial charge >= 0.3 is 6.03 Å². The van der Waals surface area contributed by atoms with Gasteiger partial charge in [-0.15, -0.1) is 0 Å². The van der Waals surface area contributed by atoms with Crippen LogP contribution in [0.25, 0.3) is 10.2 Å². The van der Waals surface area contributed by atoms with Crippen LogP contribution in [-0.4, -0.2) is 68.5 Å². The van der Waals surface area contributed by atoms with E-state index in [0.717, 1.165) is 55.8 Å². The van der Waals surface area contributed by atoms with Gasteiger partial charge in [-0.1, -0.05) is 25.2 Å². The minimum absolute atomic E-state index is 0.109. The number of aromatic nitrogens is 2. The third-order valence-corrected chi connectivity index (χ3v) is 6.95. The van der Waals surface area contributed by atoms with Crippen molar-refractivity contribution in [1.82, 2.24) is 14.9 Å². The van der Waals surface area contributed by atoms with Gasteiger partial charge in [0.05, 0.1) is 11.8 Å². The van der Waals surface area contributed by atoms with Crippen LogP contribution in [0, 0.1) is 5.41 Å². The van der Waals surface area contributed by atoms with E-state index in [0.29, 0.717) is 29.0 Å². The SMILES string of the molecule is COCCC(C)(C)CCN(C)C(=O)Nc1nc2c(OC)ncc(C3CCOCC3)c2s1. The Balaban J connectivity index is 1.71. The number of carbonyl (C=O) groups is 1. The largest absolute Gasteiger partial charge is 0.479 e. The summed E-state index contributed by atoms with van der Waals surface area (Å²) in [7, 11) is 5.11. The van der Waals surface area contributed by atoms with Gasteiger partial charge < -0.3 is 19.1 Å². The molecule has 0 spiro atoms. The summed E-state index contributed by atoms with van der Waals surface area (Å²) in [6, 6.07) is -0.166. The number of fused-ring (bicyclic) bond motifs is 1. The van der Waals surface area contributed by atoms with Gasteiger partial charge in [-0.25, -0.2) is 14.8 Å². The van der Waals surface area contributed by atoms with E-state index in [1.165, 1.54) is 11.3 Å². The lowest BCUT2D eigenvalue weighted by Crippen LogP contribution is -2.34. The van der Waals surface area contributed by atoms with E-state index in [9.17, 15) is 4.79 Å². The van der Waals surface area contributed by atoms with E-state index >= 15 is 0 Å². The fraction of sp³-hybridized carbons (Fsp3) is 0.682. The maximum atomic E-state index is 12.8. The van der Waals surface area contributed by atoms with Gasteiger partial charge in [0.15, 0.2) is 5.13 Å². The lowest BCUT2D eigenvalue weighted by atomic mass is 9.86. The van der Waals surface area contributed by atoms with Crippen LogP contribution in [0.4, 0.5) is 9.93 Å². The summed E-state index contributed by atoms with van der Waals surface area (Å²) < 4.78 is 17.1. The van der Waals surface area contributed by atoms with Gasteiger partial charge in [-0.05, 0) is 42.6 Å². The van der Waals surface area contributed by atoms with Gasteiger partial charge in [0.1, 0.15) is 5.52 Å². The Hall–Kier alpha value is -1.97. The van der Waals surface area contributed by atoms with Crippen molar-refractivity contribution in [2.45, 2.75) is 45.4 Å². The van der Waals surface area contributed by atoms with Crippen LogP contribution in [0.5, 0.6) is 5.88 Å². The summed E-state index contributed by atoms with van der Waals surface area (Å²) in [5.41, 5.74) is 1.97. The van der Waals surface area contributed by atoms with Crippen LogP contribution in [-0.2, 0) is 9.47 Å². The third-order valence-electron chi connectivity index (χ3n) is 5.93. The molecule has 1 aliphatic rings. The van der Waals surface area contributed by atoms with Crippen LogP contribution >= 0.6 is 11.3 Å². The number of rotatable bonds is 9. The van der Waals surface area contributed by atoms with E-state index in [1.807, 2.05) is 13.2 Å². The molecule has 1 saturated heterocycles. The van der Waals surface area contributed by atoms with Crippen molar-refractivity contribution in [1.29, 1.82) is 0 Å². The molecule has 2 aromatic heterocycles. The first-order valence-corrected chi connectivity index (χ1v) is 11.6. The van der Waals surface area contributed by atoms with Gasteiger partial charge in [0.2, 0.25) is 5.88 Å². The number of ether oxygens (including phenoxy) is 3. The molecule has 1 aliphatic heterocycles. The normalized spacial score (nSPS) is 15.3. The molecule has 9 heteroatoms. The highest BCUT2D eigenvalue weighted by Gasteiger charge is 2.24. The zero-order valence-electron chi connectivity index (χ0n) is 19.2. The van der Waals surface area contributed by atoms with Gasteiger partial charge in [-0.2, -0.15) is 0 Å². The van der Waals surface area contributed by atoms with Crippen molar-refractivity contribution >= 4 is 32.7 Å². The standard InChI is InChI=1S/C22H34N4O4S/c1-22(2,9-13-28-4)8-10-26(3)21(27)25-20-24-17-18(31-20)16(14-23-19(17)29-5)15-6-11-30-12-7-15/h14-15H,6-13H2,1-5H3,(H,24,25,27).